The van der Waals surface area contributed by atoms with Crippen LogP contribution in [0.5, 0.6) is 0 Å². The van der Waals surface area contributed by atoms with E-state index in [1.54, 1.807) is 11.8 Å². The summed E-state index contributed by atoms with van der Waals surface area (Å²) in [6.45, 7) is 6.79. The summed E-state index contributed by atoms with van der Waals surface area (Å²) in [6.07, 6.45) is 12.4. The van der Waals surface area contributed by atoms with E-state index < -0.39 is 0 Å². The molecule has 3 nitrogen and oxygen atoms in total. The van der Waals surface area contributed by atoms with Gasteiger partial charge in [0.1, 0.15) is 0 Å². The zero-order valence-corrected chi connectivity index (χ0v) is 20.5. The van der Waals surface area contributed by atoms with E-state index in [4.69, 9.17) is 16.6 Å². The monoisotopic (exact) mass is 492 g/mol. The number of halogens is 1. The molecule has 0 saturated carbocycles. The first kappa shape index (κ1) is 22.5. The average molecular weight is 492 g/mol. The Labute approximate surface area is 182 Å². The summed E-state index contributed by atoms with van der Waals surface area (Å²) in [7, 11) is 0. The van der Waals surface area contributed by atoms with Gasteiger partial charge in [0.15, 0.2) is 0 Å². The Morgan fingerprint density at radius 1 is 0.889 bits per heavy atom. The standard InChI is InChI=1S/C22H31ClN3.Sn/c1-4-7-10-17-15-25-22(26-21-14-13-18(23)16-24-21)20(12-9-6-3)19(17)11-8-5-2;/h13-14,16H,4-12H2,1-3H3,(H,24,25,26);. The summed E-state index contributed by atoms with van der Waals surface area (Å²) in [5.41, 5.74) is 4.47. The second-order valence-electron chi connectivity index (χ2n) is 7.04. The second kappa shape index (κ2) is 11.9. The number of anilines is 2. The zero-order chi connectivity index (χ0) is 19.6. The van der Waals surface area contributed by atoms with Crippen LogP contribution in [0.3, 0.4) is 0 Å². The summed E-state index contributed by atoms with van der Waals surface area (Å²) in [6, 6.07) is 3.79. The molecular formula is C22H31ClN3Sn. The topological polar surface area (TPSA) is 37.8 Å². The van der Waals surface area contributed by atoms with Crippen molar-refractivity contribution in [1.29, 1.82) is 0 Å². The van der Waals surface area contributed by atoms with Gasteiger partial charge in [-0.05, 0) is 0 Å². The molecule has 0 atom stereocenters. The van der Waals surface area contributed by atoms with E-state index in [0.29, 0.717) is 5.02 Å². The Kier molecular flexibility index (Phi) is 9.91. The average Bonchev–Trinajstić information content (AvgIpc) is 2.66. The van der Waals surface area contributed by atoms with Crippen LogP contribution in [-0.4, -0.2) is 32.5 Å². The minimum atomic E-state index is 0.652. The molecule has 0 unspecified atom stereocenters. The summed E-state index contributed by atoms with van der Waals surface area (Å²) >= 11 is 7.38. The fourth-order valence-electron chi connectivity index (χ4n) is 3.29. The van der Waals surface area contributed by atoms with Crippen molar-refractivity contribution in [3.05, 3.63) is 40.0 Å². The van der Waals surface area contributed by atoms with Crippen molar-refractivity contribution in [2.75, 3.05) is 5.32 Å². The summed E-state index contributed by atoms with van der Waals surface area (Å²) in [5, 5.41) is 4.14. The van der Waals surface area contributed by atoms with Crippen molar-refractivity contribution in [2.45, 2.75) is 78.6 Å². The van der Waals surface area contributed by atoms with E-state index in [-0.39, 0.29) is 0 Å². The molecule has 2 aromatic heterocycles. The molecule has 0 aliphatic carbocycles. The molecule has 2 aromatic rings. The Morgan fingerprint density at radius 3 is 2.04 bits per heavy atom. The van der Waals surface area contributed by atoms with Gasteiger partial charge in [-0.25, -0.2) is 0 Å². The van der Waals surface area contributed by atoms with Crippen LogP contribution in [0, 0.1) is 0 Å². The van der Waals surface area contributed by atoms with Crippen molar-refractivity contribution in [1.82, 2.24) is 9.97 Å². The molecule has 3 radical (unpaired) electrons. The molecule has 5 heteroatoms. The molecule has 0 bridgehead atoms. The molecule has 0 aromatic carbocycles. The second-order valence-corrected chi connectivity index (χ2v) is 8.83. The van der Waals surface area contributed by atoms with E-state index in [0.717, 1.165) is 30.9 Å². The Bertz CT molecular complexity index is 716. The molecule has 0 aliphatic rings. The summed E-state index contributed by atoms with van der Waals surface area (Å²) in [4.78, 5) is 9.43. The van der Waals surface area contributed by atoms with Crippen LogP contribution in [0.1, 0.15) is 76.0 Å². The van der Waals surface area contributed by atoms with Crippen LogP contribution >= 0.6 is 11.6 Å². The van der Waals surface area contributed by atoms with Crippen LogP contribution in [0.25, 0.3) is 0 Å². The third kappa shape index (κ3) is 6.63. The van der Waals surface area contributed by atoms with Crippen molar-refractivity contribution in [2.24, 2.45) is 0 Å². The normalized spacial score (nSPS) is 11.0. The van der Waals surface area contributed by atoms with E-state index in [2.05, 4.69) is 31.1 Å². The van der Waals surface area contributed by atoms with Crippen molar-refractivity contribution in [3.63, 3.8) is 0 Å². The van der Waals surface area contributed by atoms with Gasteiger partial charge in [-0.3, -0.25) is 0 Å². The summed E-state index contributed by atoms with van der Waals surface area (Å²) in [5.74, 6) is 1.80. The van der Waals surface area contributed by atoms with E-state index in [9.17, 15) is 0 Å². The first-order chi connectivity index (χ1) is 13.1. The fraction of sp³-hybridized carbons (Fsp3) is 0.545. The third-order valence-electron chi connectivity index (χ3n) is 4.84. The quantitative estimate of drug-likeness (QED) is 0.410. The van der Waals surface area contributed by atoms with Gasteiger partial charge in [0.25, 0.3) is 0 Å². The van der Waals surface area contributed by atoms with Gasteiger partial charge in [0.05, 0.1) is 0 Å². The number of nitrogens with zero attached hydrogens (tertiary/aromatic N) is 2. The fourth-order valence-corrected chi connectivity index (χ4v) is 4.51. The molecule has 0 amide bonds. The molecule has 145 valence electrons. The molecular weight excluding hydrogens is 460 g/mol. The maximum atomic E-state index is 5.99. The van der Waals surface area contributed by atoms with Crippen LogP contribution < -0.4 is 9.03 Å². The molecule has 0 saturated heterocycles. The number of hydrogen-bond acceptors (Lipinski definition) is 3. The van der Waals surface area contributed by atoms with Crippen molar-refractivity contribution >= 4 is 49.5 Å². The van der Waals surface area contributed by atoms with Crippen LogP contribution in [0.2, 0.25) is 5.02 Å². The molecule has 2 rings (SSSR count). The van der Waals surface area contributed by atoms with Crippen LogP contribution in [0.4, 0.5) is 11.6 Å². The predicted molar refractivity (Wildman–Crippen MR) is 118 cm³/mol. The first-order valence-electron chi connectivity index (χ1n) is 10.2. The first-order valence-corrected chi connectivity index (χ1v) is 12.1. The molecule has 0 aliphatic heterocycles. The van der Waals surface area contributed by atoms with Gasteiger partial charge in [-0.15, -0.1) is 0 Å². The van der Waals surface area contributed by atoms with Gasteiger partial charge in [0, 0.05) is 0 Å². The third-order valence-corrected chi connectivity index (χ3v) is 6.24. The van der Waals surface area contributed by atoms with Gasteiger partial charge in [-0.1, -0.05) is 0 Å². The maximum absolute atomic E-state index is 5.99. The van der Waals surface area contributed by atoms with Crippen LogP contribution in [-0.2, 0) is 19.3 Å². The Balaban J connectivity index is 2.48. The van der Waals surface area contributed by atoms with Crippen molar-refractivity contribution < 1.29 is 0 Å². The van der Waals surface area contributed by atoms with Gasteiger partial charge >= 0.3 is 183 Å². The summed E-state index contributed by atoms with van der Waals surface area (Å²) < 4.78 is 1.25. The zero-order valence-electron chi connectivity index (χ0n) is 16.9. The van der Waals surface area contributed by atoms with Gasteiger partial charge in [0.2, 0.25) is 0 Å². The number of hydrogen-bond donors (Lipinski definition) is 1. The molecule has 0 fully saturated rings. The number of rotatable bonds is 11. The van der Waals surface area contributed by atoms with Crippen molar-refractivity contribution in [3.8, 4) is 0 Å². The number of aromatic nitrogens is 2. The number of unbranched alkanes of at least 4 members (excludes halogenated alkanes) is 3. The number of pyridine rings is 2. The van der Waals surface area contributed by atoms with Gasteiger partial charge < -0.3 is 0 Å². The Hall–Kier alpha value is -0.811. The van der Waals surface area contributed by atoms with E-state index in [1.807, 2.05) is 12.1 Å². The van der Waals surface area contributed by atoms with Crippen LogP contribution in [0.15, 0.2) is 18.3 Å². The molecule has 2 heterocycles. The Morgan fingerprint density at radius 2 is 1.48 bits per heavy atom. The number of nitrogens with one attached hydrogen (secondary N) is 1. The SMILES string of the molecule is CCCCc1[c]([Sn])nc(Nc2ccc(Cl)cn2)c(CCCC)c1CCCC. The molecule has 0 spiro atoms. The predicted octanol–water partition coefficient (Wildman–Crippen LogP) is 5.70. The van der Waals surface area contributed by atoms with E-state index in [1.165, 1.54) is 75.9 Å². The van der Waals surface area contributed by atoms with E-state index >= 15 is 0 Å². The minimum absolute atomic E-state index is 0.652. The van der Waals surface area contributed by atoms with Gasteiger partial charge in [-0.2, -0.15) is 0 Å². The molecule has 27 heavy (non-hydrogen) atoms. The molecule has 1 N–H and O–H groups in total.